The van der Waals surface area contributed by atoms with Gasteiger partial charge in [-0.05, 0) is 75.2 Å². The Kier molecular flexibility index (Phi) is 3.31. The van der Waals surface area contributed by atoms with Crippen LogP contribution in [0.15, 0.2) is 11.8 Å². The third-order valence-corrected chi connectivity index (χ3v) is 6.40. The highest BCUT2D eigenvalue weighted by molar-refractivity contribution is 5.76. The Hall–Kier alpha value is -0.790. The van der Waals surface area contributed by atoms with Crippen molar-refractivity contribution >= 4 is 5.97 Å². The molecule has 0 bridgehead atoms. The van der Waals surface area contributed by atoms with Crippen molar-refractivity contribution in [2.75, 3.05) is 0 Å². The number of rotatable bonds is 2. The first-order chi connectivity index (χ1) is 9.69. The first-order valence-corrected chi connectivity index (χ1v) is 8.62. The first-order valence-electron chi connectivity index (χ1n) is 8.62. The van der Waals surface area contributed by atoms with Crippen LogP contribution in [0.4, 0.5) is 0 Å². The normalized spacial score (nSPS) is 41.4. The molecule has 3 rings (SSSR count). The van der Waals surface area contributed by atoms with E-state index in [1.807, 2.05) is 20.8 Å². The van der Waals surface area contributed by atoms with Crippen molar-refractivity contribution in [3.8, 4) is 0 Å². The van der Waals surface area contributed by atoms with Gasteiger partial charge >= 0.3 is 5.97 Å². The monoisotopic (exact) mass is 290 g/mol. The maximum Gasteiger partial charge on any atom is 0.316 e. The molecule has 0 aliphatic heterocycles. The molecule has 0 saturated heterocycles. The van der Waals surface area contributed by atoms with Gasteiger partial charge in [0, 0.05) is 5.92 Å². The number of carbonyl (C=O) groups excluding carboxylic acids is 1. The summed E-state index contributed by atoms with van der Waals surface area (Å²) >= 11 is 0. The summed E-state index contributed by atoms with van der Waals surface area (Å²) in [6.45, 7) is 12.9. The lowest BCUT2D eigenvalue weighted by Crippen LogP contribution is -2.27. The molecule has 3 aliphatic carbocycles. The molecular formula is C19H30O2. The molecule has 1 spiro atoms. The number of allylic oxidation sites excluding steroid dienone is 2. The lowest BCUT2D eigenvalue weighted by molar-refractivity contribution is -0.149. The maximum absolute atomic E-state index is 12.2. The third kappa shape index (κ3) is 2.09. The zero-order valence-corrected chi connectivity index (χ0v) is 14.4. The van der Waals surface area contributed by atoms with Gasteiger partial charge in [-0.15, -0.1) is 0 Å². The second kappa shape index (κ2) is 4.60. The maximum atomic E-state index is 12.2. The highest BCUT2D eigenvalue weighted by Gasteiger charge is 2.74. The molecule has 2 fully saturated rings. The van der Waals surface area contributed by atoms with E-state index < -0.39 is 5.41 Å². The molecule has 0 aromatic carbocycles. The largest absolute Gasteiger partial charge is 0.431 e. The van der Waals surface area contributed by atoms with E-state index in [-0.39, 0.29) is 5.97 Å². The standard InChI is InChI=1S/C19H30O2/c1-11(2)13-8-7-12(3)19-10-9-14(16(19)15(13)19)21-17(20)18(4,5)6/h9,11-13,15-16H,7-8,10H2,1-6H3/t12-,13+,15-,16+,19-/m1/s1. The van der Waals surface area contributed by atoms with Crippen LogP contribution in [-0.2, 0) is 9.53 Å². The second-order valence-electron chi connectivity index (χ2n) is 8.95. The molecule has 0 aromatic heterocycles. The van der Waals surface area contributed by atoms with Gasteiger partial charge in [-0.3, -0.25) is 4.79 Å². The number of fused-ring (bicyclic) bond motifs is 1. The summed E-state index contributed by atoms with van der Waals surface area (Å²) in [4.78, 5) is 12.2. The molecule has 2 heteroatoms. The fourth-order valence-corrected chi connectivity index (χ4v) is 5.08. The van der Waals surface area contributed by atoms with Crippen LogP contribution in [0.1, 0.15) is 60.8 Å². The van der Waals surface area contributed by atoms with Crippen LogP contribution < -0.4 is 0 Å². The van der Waals surface area contributed by atoms with Gasteiger partial charge in [-0.25, -0.2) is 0 Å². The molecule has 0 N–H and O–H groups in total. The van der Waals surface area contributed by atoms with E-state index in [1.165, 1.54) is 12.8 Å². The van der Waals surface area contributed by atoms with Gasteiger partial charge in [0.05, 0.1) is 5.41 Å². The van der Waals surface area contributed by atoms with Crippen LogP contribution in [0.2, 0.25) is 0 Å². The predicted molar refractivity (Wildman–Crippen MR) is 84.4 cm³/mol. The van der Waals surface area contributed by atoms with Gasteiger partial charge in [-0.2, -0.15) is 0 Å². The Bertz CT molecular complexity index is 482. The van der Waals surface area contributed by atoms with Gasteiger partial charge in [-0.1, -0.05) is 20.8 Å². The average Bonchev–Trinajstić information content (AvgIpc) is 2.91. The topological polar surface area (TPSA) is 26.3 Å². The van der Waals surface area contributed by atoms with E-state index in [2.05, 4.69) is 26.8 Å². The van der Waals surface area contributed by atoms with E-state index in [4.69, 9.17) is 4.74 Å². The Morgan fingerprint density at radius 1 is 1.33 bits per heavy atom. The van der Waals surface area contributed by atoms with Crippen molar-refractivity contribution in [2.45, 2.75) is 60.8 Å². The van der Waals surface area contributed by atoms with Gasteiger partial charge in [0.25, 0.3) is 0 Å². The van der Waals surface area contributed by atoms with Gasteiger partial charge in [0.2, 0.25) is 0 Å². The average molecular weight is 290 g/mol. The summed E-state index contributed by atoms with van der Waals surface area (Å²) in [5.74, 6) is 4.52. The second-order valence-corrected chi connectivity index (χ2v) is 8.95. The summed E-state index contributed by atoms with van der Waals surface area (Å²) < 4.78 is 5.81. The zero-order chi connectivity index (χ0) is 15.6. The van der Waals surface area contributed by atoms with Crippen LogP contribution in [-0.4, -0.2) is 5.97 Å². The summed E-state index contributed by atoms with van der Waals surface area (Å²) in [7, 11) is 0. The molecule has 0 radical (unpaired) electrons. The van der Waals surface area contributed by atoms with Crippen LogP contribution in [0, 0.1) is 40.4 Å². The van der Waals surface area contributed by atoms with Crippen molar-refractivity contribution < 1.29 is 9.53 Å². The van der Waals surface area contributed by atoms with Crippen molar-refractivity contribution in [3.05, 3.63) is 11.8 Å². The molecular weight excluding hydrogens is 260 g/mol. The SMILES string of the molecule is CC(C)[C@@H]1CC[C@@H](C)[C@@]23CC=C(OC(=O)C(C)(C)C)[C@H]2[C@@H]13. The first kappa shape index (κ1) is 15.1. The molecule has 2 nitrogen and oxygen atoms in total. The van der Waals surface area contributed by atoms with E-state index in [0.717, 1.165) is 35.9 Å². The fraction of sp³-hybridized carbons (Fsp3) is 0.842. The molecule has 0 aromatic rings. The number of esters is 1. The summed E-state index contributed by atoms with van der Waals surface area (Å²) in [5, 5.41) is 0. The molecule has 21 heavy (non-hydrogen) atoms. The van der Waals surface area contributed by atoms with Gasteiger partial charge in [0.1, 0.15) is 5.76 Å². The molecule has 0 amide bonds. The summed E-state index contributed by atoms with van der Waals surface area (Å²) in [6.07, 6.45) is 6.02. The van der Waals surface area contributed by atoms with Crippen LogP contribution >= 0.6 is 0 Å². The highest BCUT2D eigenvalue weighted by atomic mass is 16.5. The summed E-state index contributed by atoms with van der Waals surface area (Å²) in [5.41, 5.74) is 0.0143. The van der Waals surface area contributed by atoms with E-state index in [9.17, 15) is 4.79 Å². The van der Waals surface area contributed by atoms with E-state index >= 15 is 0 Å². The smallest absolute Gasteiger partial charge is 0.316 e. The molecule has 118 valence electrons. The zero-order valence-electron chi connectivity index (χ0n) is 14.4. The van der Waals surface area contributed by atoms with Crippen molar-refractivity contribution in [2.24, 2.45) is 40.4 Å². The number of ether oxygens (including phenoxy) is 1. The quantitative estimate of drug-likeness (QED) is 0.683. The Morgan fingerprint density at radius 3 is 2.57 bits per heavy atom. The summed E-state index contributed by atoms with van der Waals surface area (Å²) in [6, 6.07) is 0. The molecule has 0 unspecified atom stereocenters. The Balaban J connectivity index is 1.79. The fourth-order valence-electron chi connectivity index (χ4n) is 5.08. The van der Waals surface area contributed by atoms with E-state index in [0.29, 0.717) is 11.3 Å². The Morgan fingerprint density at radius 2 is 2.00 bits per heavy atom. The number of carbonyl (C=O) groups is 1. The van der Waals surface area contributed by atoms with Crippen molar-refractivity contribution in [3.63, 3.8) is 0 Å². The minimum Gasteiger partial charge on any atom is -0.431 e. The van der Waals surface area contributed by atoms with Gasteiger partial charge < -0.3 is 4.74 Å². The highest BCUT2D eigenvalue weighted by Crippen LogP contribution is 2.78. The van der Waals surface area contributed by atoms with Crippen molar-refractivity contribution in [1.82, 2.24) is 0 Å². The molecule has 3 aliphatic rings. The van der Waals surface area contributed by atoms with Crippen molar-refractivity contribution in [1.29, 1.82) is 0 Å². The molecule has 5 atom stereocenters. The third-order valence-electron chi connectivity index (χ3n) is 6.40. The van der Waals surface area contributed by atoms with Crippen LogP contribution in [0.5, 0.6) is 0 Å². The van der Waals surface area contributed by atoms with Gasteiger partial charge in [0.15, 0.2) is 0 Å². The number of hydrogen-bond acceptors (Lipinski definition) is 2. The minimum atomic E-state index is -0.417. The lowest BCUT2D eigenvalue weighted by atomic mass is 9.70. The van der Waals surface area contributed by atoms with Crippen LogP contribution in [0.25, 0.3) is 0 Å². The minimum absolute atomic E-state index is 0.0804. The number of hydrogen-bond donors (Lipinski definition) is 0. The predicted octanol–water partition coefficient (Wildman–Crippen LogP) is 4.80. The molecule has 0 heterocycles. The lowest BCUT2D eigenvalue weighted by Gasteiger charge is -2.35. The Labute approximate surface area is 129 Å². The van der Waals surface area contributed by atoms with E-state index in [1.54, 1.807) is 0 Å². The van der Waals surface area contributed by atoms with Crippen LogP contribution in [0.3, 0.4) is 0 Å². The molecule has 2 saturated carbocycles.